The maximum Gasteiger partial charge on any atom is 0.232 e. The van der Waals surface area contributed by atoms with Crippen LogP contribution in [-0.2, 0) is 10.0 Å². The third kappa shape index (κ3) is 3.57. The van der Waals surface area contributed by atoms with Gasteiger partial charge in [0.2, 0.25) is 10.0 Å². The Bertz CT molecular complexity index is 1020. The second-order valence-corrected chi connectivity index (χ2v) is 7.43. The van der Waals surface area contributed by atoms with Gasteiger partial charge in [0.15, 0.2) is 5.82 Å². The quantitative estimate of drug-likeness (QED) is 0.686. The molecule has 0 aliphatic rings. The molecule has 0 aliphatic heterocycles. The number of aromatic amines is 1. The van der Waals surface area contributed by atoms with Gasteiger partial charge in [-0.05, 0) is 36.2 Å². The Balaban J connectivity index is 2.10. The SMILES string of the molecule is CCCS(=O)(=O)Nc1ccc(F)c(-c2n[nH]cc2-c2ccncc2)c1F. The van der Waals surface area contributed by atoms with Crippen LogP contribution in [0.1, 0.15) is 13.3 Å². The summed E-state index contributed by atoms with van der Waals surface area (Å²) in [4.78, 5) is 3.91. The van der Waals surface area contributed by atoms with Gasteiger partial charge in [-0.3, -0.25) is 14.8 Å². The van der Waals surface area contributed by atoms with E-state index in [2.05, 4.69) is 19.9 Å². The average molecular weight is 378 g/mol. The molecule has 9 heteroatoms. The fraction of sp³-hybridized carbons (Fsp3) is 0.176. The van der Waals surface area contributed by atoms with Crippen LogP contribution in [0.4, 0.5) is 14.5 Å². The van der Waals surface area contributed by atoms with Gasteiger partial charge in [-0.1, -0.05) is 6.92 Å². The fourth-order valence-electron chi connectivity index (χ4n) is 2.57. The molecular weight excluding hydrogens is 362 g/mol. The van der Waals surface area contributed by atoms with Gasteiger partial charge in [-0.15, -0.1) is 0 Å². The number of benzene rings is 1. The summed E-state index contributed by atoms with van der Waals surface area (Å²) in [6.07, 6.45) is 4.98. The molecule has 0 spiro atoms. The Morgan fingerprint density at radius 3 is 2.58 bits per heavy atom. The Hall–Kier alpha value is -2.81. The summed E-state index contributed by atoms with van der Waals surface area (Å²) in [5.74, 6) is -2.03. The van der Waals surface area contributed by atoms with Crippen molar-refractivity contribution < 1.29 is 17.2 Å². The van der Waals surface area contributed by atoms with Gasteiger partial charge in [0, 0.05) is 24.2 Å². The number of hydrogen-bond acceptors (Lipinski definition) is 4. The molecule has 2 N–H and O–H groups in total. The van der Waals surface area contributed by atoms with E-state index in [9.17, 15) is 17.2 Å². The second-order valence-electron chi connectivity index (χ2n) is 5.59. The average Bonchev–Trinajstić information content (AvgIpc) is 3.07. The Morgan fingerprint density at radius 2 is 1.88 bits per heavy atom. The van der Waals surface area contributed by atoms with Crippen LogP contribution in [0.3, 0.4) is 0 Å². The first-order chi connectivity index (χ1) is 12.4. The van der Waals surface area contributed by atoms with Crippen LogP contribution in [0.25, 0.3) is 22.4 Å². The van der Waals surface area contributed by atoms with Gasteiger partial charge in [0.1, 0.15) is 11.5 Å². The fourth-order valence-corrected chi connectivity index (χ4v) is 3.70. The zero-order valence-corrected chi connectivity index (χ0v) is 14.6. The molecule has 0 radical (unpaired) electrons. The molecule has 2 heterocycles. The van der Waals surface area contributed by atoms with E-state index >= 15 is 0 Å². The van der Waals surface area contributed by atoms with Crippen molar-refractivity contribution in [2.24, 2.45) is 0 Å². The summed E-state index contributed by atoms with van der Waals surface area (Å²) in [5, 5.41) is 6.55. The third-order valence-electron chi connectivity index (χ3n) is 3.70. The van der Waals surface area contributed by atoms with Gasteiger partial charge in [-0.2, -0.15) is 5.10 Å². The lowest BCUT2D eigenvalue weighted by Gasteiger charge is -2.12. The van der Waals surface area contributed by atoms with Crippen molar-refractivity contribution in [1.29, 1.82) is 0 Å². The maximum atomic E-state index is 14.9. The lowest BCUT2D eigenvalue weighted by atomic mass is 10.0. The van der Waals surface area contributed by atoms with Crippen molar-refractivity contribution in [2.75, 3.05) is 10.5 Å². The maximum absolute atomic E-state index is 14.9. The van der Waals surface area contributed by atoms with Gasteiger partial charge < -0.3 is 0 Å². The summed E-state index contributed by atoms with van der Waals surface area (Å²) in [7, 11) is -3.72. The number of halogens is 2. The molecule has 0 amide bonds. The monoisotopic (exact) mass is 378 g/mol. The van der Waals surface area contributed by atoms with Crippen molar-refractivity contribution in [3.05, 3.63) is 54.5 Å². The van der Waals surface area contributed by atoms with Crippen LogP contribution in [0, 0.1) is 11.6 Å². The minimum Gasteiger partial charge on any atom is -0.284 e. The van der Waals surface area contributed by atoms with E-state index in [0.717, 1.165) is 12.1 Å². The number of rotatable bonds is 6. The minimum atomic E-state index is -3.72. The molecule has 1 aromatic carbocycles. The Morgan fingerprint density at radius 1 is 1.15 bits per heavy atom. The molecular formula is C17H16F2N4O2S. The molecule has 0 aliphatic carbocycles. The van der Waals surface area contributed by atoms with Gasteiger partial charge >= 0.3 is 0 Å². The highest BCUT2D eigenvalue weighted by Gasteiger charge is 2.23. The molecule has 2 aromatic heterocycles. The number of nitrogens with zero attached hydrogens (tertiary/aromatic N) is 2. The molecule has 0 saturated heterocycles. The smallest absolute Gasteiger partial charge is 0.232 e. The molecule has 3 rings (SSSR count). The summed E-state index contributed by atoms with van der Waals surface area (Å²) < 4.78 is 55.3. The van der Waals surface area contributed by atoms with E-state index in [4.69, 9.17) is 0 Å². The van der Waals surface area contributed by atoms with E-state index in [0.29, 0.717) is 17.5 Å². The largest absolute Gasteiger partial charge is 0.284 e. The van der Waals surface area contributed by atoms with Crippen LogP contribution >= 0.6 is 0 Å². The standard InChI is InChI=1S/C17H16F2N4O2S/c1-2-9-26(24,25)23-14-4-3-13(18)15(16(14)19)17-12(10-21-22-17)11-5-7-20-8-6-11/h3-8,10,23H,2,9H2,1H3,(H,21,22). The molecule has 0 saturated carbocycles. The molecule has 0 fully saturated rings. The van der Waals surface area contributed by atoms with Gasteiger partial charge in [0.25, 0.3) is 0 Å². The highest BCUT2D eigenvalue weighted by Crippen LogP contribution is 2.35. The van der Waals surface area contributed by atoms with Crippen molar-refractivity contribution in [2.45, 2.75) is 13.3 Å². The molecule has 0 bridgehead atoms. The summed E-state index contributed by atoms with van der Waals surface area (Å²) in [5.41, 5.74) is 0.453. The molecule has 0 atom stereocenters. The number of anilines is 1. The summed E-state index contributed by atoms with van der Waals surface area (Å²) in [6, 6.07) is 5.42. The lowest BCUT2D eigenvalue weighted by Crippen LogP contribution is -2.17. The highest BCUT2D eigenvalue weighted by molar-refractivity contribution is 7.92. The first-order valence-corrected chi connectivity index (χ1v) is 9.51. The summed E-state index contributed by atoms with van der Waals surface area (Å²) >= 11 is 0. The van der Waals surface area contributed by atoms with Crippen molar-refractivity contribution >= 4 is 15.7 Å². The van der Waals surface area contributed by atoms with E-state index in [1.165, 1.54) is 6.20 Å². The van der Waals surface area contributed by atoms with Crippen molar-refractivity contribution in [3.8, 4) is 22.4 Å². The first kappa shape index (κ1) is 18.0. The predicted molar refractivity (Wildman–Crippen MR) is 94.9 cm³/mol. The zero-order chi connectivity index (χ0) is 18.7. The number of nitrogens with one attached hydrogen (secondary N) is 2. The lowest BCUT2D eigenvalue weighted by molar-refractivity contribution is 0.586. The number of sulfonamides is 1. The van der Waals surface area contributed by atoms with Gasteiger partial charge in [-0.25, -0.2) is 17.2 Å². The number of hydrogen-bond donors (Lipinski definition) is 2. The number of pyridine rings is 1. The van der Waals surface area contributed by atoms with E-state index in [1.54, 1.807) is 31.5 Å². The van der Waals surface area contributed by atoms with Crippen LogP contribution in [0.2, 0.25) is 0 Å². The van der Waals surface area contributed by atoms with Crippen molar-refractivity contribution in [1.82, 2.24) is 15.2 Å². The Kier molecular flexibility index (Phi) is 4.99. The summed E-state index contributed by atoms with van der Waals surface area (Å²) in [6.45, 7) is 1.69. The van der Waals surface area contributed by atoms with E-state index in [-0.39, 0.29) is 17.1 Å². The number of aromatic nitrogens is 3. The molecule has 26 heavy (non-hydrogen) atoms. The number of H-pyrrole nitrogens is 1. The van der Waals surface area contributed by atoms with Crippen LogP contribution in [0.15, 0.2) is 42.9 Å². The third-order valence-corrected chi connectivity index (χ3v) is 5.17. The second kappa shape index (κ2) is 7.20. The van der Waals surface area contributed by atoms with E-state index in [1.807, 2.05) is 0 Å². The highest BCUT2D eigenvalue weighted by atomic mass is 32.2. The molecule has 3 aromatic rings. The minimum absolute atomic E-state index is 0.0442. The molecule has 0 unspecified atom stereocenters. The van der Waals surface area contributed by atoms with Crippen molar-refractivity contribution in [3.63, 3.8) is 0 Å². The topological polar surface area (TPSA) is 87.7 Å². The zero-order valence-electron chi connectivity index (χ0n) is 13.8. The van der Waals surface area contributed by atoms with Crippen LogP contribution < -0.4 is 4.72 Å². The molecule has 136 valence electrons. The van der Waals surface area contributed by atoms with Crippen LogP contribution in [-0.4, -0.2) is 29.4 Å². The van der Waals surface area contributed by atoms with Crippen LogP contribution in [0.5, 0.6) is 0 Å². The molecule has 6 nitrogen and oxygen atoms in total. The van der Waals surface area contributed by atoms with E-state index < -0.39 is 27.2 Å². The Labute approximate surface area is 149 Å². The predicted octanol–water partition coefficient (Wildman–Crippen LogP) is 3.57. The van der Waals surface area contributed by atoms with Gasteiger partial charge in [0.05, 0.1) is 17.0 Å². The first-order valence-electron chi connectivity index (χ1n) is 7.86. The normalized spacial score (nSPS) is 11.5.